The van der Waals surface area contributed by atoms with Crippen molar-refractivity contribution in [3.8, 4) is 0 Å². The van der Waals surface area contributed by atoms with Crippen LogP contribution in [0, 0.1) is 0 Å². The second-order valence-electron chi connectivity index (χ2n) is 4.01. The van der Waals surface area contributed by atoms with Gasteiger partial charge in [-0.25, -0.2) is 0 Å². The van der Waals surface area contributed by atoms with Gasteiger partial charge in [0.2, 0.25) is 5.91 Å². The summed E-state index contributed by atoms with van der Waals surface area (Å²) in [7, 11) is 0. The van der Waals surface area contributed by atoms with E-state index in [1.807, 2.05) is 24.3 Å². The number of carbonyl (C=O) groups is 1. The van der Waals surface area contributed by atoms with Crippen LogP contribution in [0.2, 0.25) is 10.0 Å². The van der Waals surface area contributed by atoms with Crippen molar-refractivity contribution >= 4 is 56.4 Å². The standard InChI is InChI=1S/C14H11BrCl2N2O/c15-9-4-6-10(7-5-9)18-8-13(20)19-14-11(16)2-1-3-12(14)17/h1-7,18H,8H2,(H,19,20). The zero-order valence-electron chi connectivity index (χ0n) is 10.3. The highest BCUT2D eigenvalue weighted by atomic mass is 79.9. The number of hydrogen-bond acceptors (Lipinski definition) is 2. The maximum absolute atomic E-state index is 11.9. The van der Waals surface area contributed by atoms with E-state index in [2.05, 4.69) is 26.6 Å². The fourth-order valence-electron chi connectivity index (χ4n) is 1.55. The van der Waals surface area contributed by atoms with Crippen molar-refractivity contribution in [3.63, 3.8) is 0 Å². The highest BCUT2D eigenvalue weighted by Crippen LogP contribution is 2.29. The van der Waals surface area contributed by atoms with Gasteiger partial charge in [0, 0.05) is 10.2 Å². The Bertz CT molecular complexity index is 597. The minimum absolute atomic E-state index is 0.128. The van der Waals surface area contributed by atoms with Gasteiger partial charge in [-0.15, -0.1) is 0 Å². The Morgan fingerprint density at radius 1 is 1.05 bits per heavy atom. The molecule has 104 valence electrons. The Kier molecular flexibility index (Phi) is 5.29. The van der Waals surface area contributed by atoms with Crippen molar-refractivity contribution in [2.75, 3.05) is 17.2 Å². The number of para-hydroxylation sites is 1. The number of nitrogens with one attached hydrogen (secondary N) is 2. The molecule has 2 rings (SSSR count). The van der Waals surface area contributed by atoms with Gasteiger partial charge in [0.05, 0.1) is 22.3 Å². The molecule has 0 saturated carbocycles. The third-order valence-corrected chi connectivity index (χ3v) is 3.68. The number of hydrogen-bond donors (Lipinski definition) is 2. The molecule has 1 amide bonds. The highest BCUT2D eigenvalue weighted by molar-refractivity contribution is 9.10. The van der Waals surface area contributed by atoms with E-state index in [4.69, 9.17) is 23.2 Å². The van der Waals surface area contributed by atoms with E-state index in [1.54, 1.807) is 18.2 Å². The Morgan fingerprint density at radius 2 is 1.65 bits per heavy atom. The van der Waals surface area contributed by atoms with Crippen LogP contribution < -0.4 is 10.6 Å². The van der Waals surface area contributed by atoms with Gasteiger partial charge in [-0.1, -0.05) is 45.2 Å². The molecule has 2 aromatic carbocycles. The molecule has 6 heteroatoms. The van der Waals surface area contributed by atoms with Gasteiger partial charge in [0.25, 0.3) is 0 Å². The summed E-state index contributed by atoms with van der Waals surface area (Å²) in [4.78, 5) is 11.9. The molecular weight excluding hydrogens is 363 g/mol. The average Bonchev–Trinajstić information content (AvgIpc) is 2.42. The fraction of sp³-hybridized carbons (Fsp3) is 0.0714. The molecule has 0 aliphatic carbocycles. The van der Waals surface area contributed by atoms with Gasteiger partial charge in [0.15, 0.2) is 0 Å². The summed E-state index contributed by atoms with van der Waals surface area (Å²) < 4.78 is 0.982. The van der Waals surface area contributed by atoms with Crippen LogP contribution in [-0.4, -0.2) is 12.5 Å². The molecule has 0 spiro atoms. The molecule has 0 aliphatic rings. The van der Waals surface area contributed by atoms with Crippen LogP contribution in [0.3, 0.4) is 0 Å². The van der Waals surface area contributed by atoms with Crippen LogP contribution in [0.25, 0.3) is 0 Å². The topological polar surface area (TPSA) is 41.1 Å². The van der Waals surface area contributed by atoms with Crippen molar-refractivity contribution in [3.05, 3.63) is 57.0 Å². The van der Waals surface area contributed by atoms with Gasteiger partial charge < -0.3 is 10.6 Å². The molecule has 3 nitrogen and oxygen atoms in total. The Labute approximate surface area is 135 Å². The van der Waals surface area contributed by atoms with Gasteiger partial charge in [-0.3, -0.25) is 4.79 Å². The summed E-state index contributed by atoms with van der Waals surface area (Å²) in [6.07, 6.45) is 0. The van der Waals surface area contributed by atoms with E-state index in [0.717, 1.165) is 10.2 Å². The van der Waals surface area contributed by atoms with E-state index in [9.17, 15) is 4.79 Å². The molecule has 20 heavy (non-hydrogen) atoms. The molecule has 2 N–H and O–H groups in total. The normalized spacial score (nSPS) is 10.2. The lowest BCUT2D eigenvalue weighted by Gasteiger charge is -2.10. The summed E-state index contributed by atoms with van der Waals surface area (Å²) in [5.41, 5.74) is 1.28. The van der Waals surface area contributed by atoms with Crippen molar-refractivity contribution < 1.29 is 4.79 Å². The Hall–Kier alpha value is -1.23. The van der Waals surface area contributed by atoms with Crippen LogP contribution in [-0.2, 0) is 4.79 Å². The molecule has 0 aliphatic heterocycles. The first kappa shape index (κ1) is 15.2. The van der Waals surface area contributed by atoms with Crippen molar-refractivity contribution in [1.82, 2.24) is 0 Å². The lowest BCUT2D eigenvalue weighted by molar-refractivity contribution is -0.114. The van der Waals surface area contributed by atoms with E-state index >= 15 is 0 Å². The van der Waals surface area contributed by atoms with Crippen LogP contribution in [0.5, 0.6) is 0 Å². The molecule has 0 aromatic heterocycles. The minimum Gasteiger partial charge on any atom is -0.376 e. The summed E-state index contributed by atoms with van der Waals surface area (Å²) in [5, 5.41) is 6.52. The van der Waals surface area contributed by atoms with Gasteiger partial charge in [-0.05, 0) is 36.4 Å². The number of anilines is 2. The number of amides is 1. The fourth-order valence-corrected chi connectivity index (χ4v) is 2.31. The highest BCUT2D eigenvalue weighted by Gasteiger charge is 2.09. The number of carbonyl (C=O) groups excluding carboxylic acids is 1. The van der Waals surface area contributed by atoms with E-state index in [-0.39, 0.29) is 12.5 Å². The number of rotatable bonds is 4. The van der Waals surface area contributed by atoms with Crippen molar-refractivity contribution in [1.29, 1.82) is 0 Å². The molecule has 0 radical (unpaired) electrons. The summed E-state index contributed by atoms with van der Waals surface area (Å²) in [6.45, 7) is 0.128. The maximum Gasteiger partial charge on any atom is 0.243 e. The lowest BCUT2D eigenvalue weighted by Crippen LogP contribution is -2.22. The smallest absolute Gasteiger partial charge is 0.243 e. The van der Waals surface area contributed by atoms with Crippen LogP contribution >= 0.6 is 39.1 Å². The van der Waals surface area contributed by atoms with Crippen LogP contribution in [0.15, 0.2) is 46.9 Å². The zero-order chi connectivity index (χ0) is 14.5. The van der Waals surface area contributed by atoms with Gasteiger partial charge in [-0.2, -0.15) is 0 Å². The number of benzene rings is 2. The van der Waals surface area contributed by atoms with Crippen LogP contribution in [0.1, 0.15) is 0 Å². The largest absolute Gasteiger partial charge is 0.376 e. The molecule has 2 aromatic rings. The van der Waals surface area contributed by atoms with Crippen molar-refractivity contribution in [2.24, 2.45) is 0 Å². The molecule has 0 atom stereocenters. The first-order valence-corrected chi connectivity index (χ1v) is 7.34. The quantitative estimate of drug-likeness (QED) is 0.807. The molecule has 0 unspecified atom stereocenters. The van der Waals surface area contributed by atoms with Crippen molar-refractivity contribution in [2.45, 2.75) is 0 Å². The molecular formula is C14H11BrCl2N2O. The molecule has 0 fully saturated rings. The summed E-state index contributed by atoms with van der Waals surface area (Å²) in [6, 6.07) is 12.6. The summed E-state index contributed by atoms with van der Waals surface area (Å²) in [5.74, 6) is -0.220. The average molecular weight is 374 g/mol. The van der Waals surface area contributed by atoms with Crippen LogP contribution in [0.4, 0.5) is 11.4 Å². The third kappa shape index (κ3) is 4.13. The lowest BCUT2D eigenvalue weighted by atomic mass is 10.3. The molecule has 0 saturated heterocycles. The number of halogens is 3. The van der Waals surface area contributed by atoms with Gasteiger partial charge >= 0.3 is 0 Å². The third-order valence-electron chi connectivity index (χ3n) is 2.52. The monoisotopic (exact) mass is 372 g/mol. The summed E-state index contributed by atoms with van der Waals surface area (Å²) >= 11 is 15.3. The predicted octanol–water partition coefficient (Wildman–Crippen LogP) is 4.81. The van der Waals surface area contributed by atoms with E-state index < -0.39 is 0 Å². The second-order valence-corrected chi connectivity index (χ2v) is 5.74. The SMILES string of the molecule is O=C(CNc1ccc(Br)cc1)Nc1c(Cl)cccc1Cl. The molecule has 0 bridgehead atoms. The molecule has 0 heterocycles. The van der Waals surface area contributed by atoms with E-state index in [1.165, 1.54) is 0 Å². The first-order chi connectivity index (χ1) is 9.56. The first-order valence-electron chi connectivity index (χ1n) is 5.79. The Morgan fingerprint density at radius 3 is 2.25 bits per heavy atom. The second kappa shape index (κ2) is 6.97. The predicted molar refractivity (Wildman–Crippen MR) is 87.7 cm³/mol. The van der Waals surface area contributed by atoms with Gasteiger partial charge in [0.1, 0.15) is 0 Å². The minimum atomic E-state index is -0.220. The maximum atomic E-state index is 11.9. The Balaban J connectivity index is 1.94. The van der Waals surface area contributed by atoms with E-state index in [0.29, 0.717) is 15.7 Å². The zero-order valence-corrected chi connectivity index (χ0v) is 13.4.